The van der Waals surface area contributed by atoms with Crippen molar-refractivity contribution in [3.8, 4) is 6.07 Å². The van der Waals surface area contributed by atoms with Gasteiger partial charge in [-0.1, -0.05) is 0 Å². The van der Waals surface area contributed by atoms with E-state index in [0.717, 1.165) is 38.9 Å². The number of nitriles is 1. The second-order valence-electron chi connectivity index (χ2n) is 9.50. The molecule has 1 atom stereocenters. The van der Waals surface area contributed by atoms with Crippen molar-refractivity contribution >= 4 is 22.9 Å². The van der Waals surface area contributed by atoms with Crippen molar-refractivity contribution in [3.63, 3.8) is 0 Å². The predicted molar refractivity (Wildman–Crippen MR) is 144 cm³/mol. The van der Waals surface area contributed by atoms with Gasteiger partial charge in [0.2, 0.25) is 0 Å². The molecule has 0 bridgehead atoms. The fourth-order valence-corrected chi connectivity index (χ4v) is 5.62. The number of nitrogens with zero attached hydrogens (tertiary/aromatic N) is 5. The number of benzene rings is 1. The number of hydrogen-bond acceptors (Lipinski definition) is 7. The van der Waals surface area contributed by atoms with Crippen LogP contribution in [-0.4, -0.2) is 52.5 Å². The Morgan fingerprint density at radius 3 is 2.50 bits per heavy atom. The van der Waals surface area contributed by atoms with Crippen LogP contribution in [0.4, 0.5) is 5.69 Å². The number of aryl methyl sites for hydroxylation is 2. The number of aromatic nitrogens is 2. The summed E-state index contributed by atoms with van der Waals surface area (Å²) in [7, 11) is 0. The fraction of sp³-hybridized carbons (Fsp3) is 0.429. The number of carbonyl (C=O) groups excluding carboxylic acids is 1. The van der Waals surface area contributed by atoms with E-state index in [2.05, 4.69) is 67.0 Å². The van der Waals surface area contributed by atoms with Crippen LogP contribution in [0.25, 0.3) is 0 Å². The summed E-state index contributed by atoms with van der Waals surface area (Å²) in [4.78, 5) is 26.0. The molecule has 1 N–H and O–H groups in total. The average Bonchev–Trinajstić information content (AvgIpc) is 3.41. The highest BCUT2D eigenvalue weighted by atomic mass is 32.1. The summed E-state index contributed by atoms with van der Waals surface area (Å²) in [6, 6.07) is 13.2. The van der Waals surface area contributed by atoms with Crippen LogP contribution in [-0.2, 0) is 6.54 Å². The fourth-order valence-electron chi connectivity index (χ4n) is 4.96. The second-order valence-corrected chi connectivity index (χ2v) is 10.3. The van der Waals surface area contributed by atoms with Crippen LogP contribution in [0.1, 0.15) is 59.1 Å². The van der Waals surface area contributed by atoms with Crippen molar-refractivity contribution in [2.24, 2.45) is 0 Å². The molecule has 2 aromatic heterocycles. The maximum atomic E-state index is 12.6. The summed E-state index contributed by atoms with van der Waals surface area (Å²) >= 11 is 1.73. The first-order valence-electron chi connectivity index (χ1n) is 12.5. The van der Waals surface area contributed by atoms with Crippen LogP contribution in [0.3, 0.4) is 0 Å². The van der Waals surface area contributed by atoms with Crippen molar-refractivity contribution < 1.29 is 4.79 Å². The van der Waals surface area contributed by atoms with E-state index in [4.69, 9.17) is 0 Å². The number of hydrogen-bond donors (Lipinski definition) is 1. The highest BCUT2D eigenvalue weighted by Crippen LogP contribution is 2.28. The number of amides is 1. The summed E-state index contributed by atoms with van der Waals surface area (Å²) in [5.74, 6) is -0.0944. The van der Waals surface area contributed by atoms with Gasteiger partial charge in [-0.2, -0.15) is 16.6 Å². The van der Waals surface area contributed by atoms with Crippen molar-refractivity contribution in [1.82, 2.24) is 20.2 Å². The van der Waals surface area contributed by atoms with Crippen LogP contribution in [0.2, 0.25) is 0 Å². The van der Waals surface area contributed by atoms with Crippen molar-refractivity contribution in [3.05, 3.63) is 75.5 Å². The summed E-state index contributed by atoms with van der Waals surface area (Å²) in [5, 5.41) is 16.6. The summed E-state index contributed by atoms with van der Waals surface area (Å²) in [6.45, 7) is 9.50. The molecule has 1 amide bonds. The number of nitrogens with one attached hydrogen (secondary N) is 1. The molecule has 1 aliphatic rings. The molecule has 1 fully saturated rings. The molecule has 0 saturated carbocycles. The van der Waals surface area contributed by atoms with Gasteiger partial charge in [-0.3, -0.25) is 4.79 Å². The van der Waals surface area contributed by atoms with Gasteiger partial charge in [0.15, 0.2) is 0 Å². The largest absolute Gasteiger partial charge is 0.364 e. The third-order valence-corrected chi connectivity index (χ3v) is 7.86. The lowest BCUT2D eigenvalue weighted by molar-refractivity contribution is 0.0943. The van der Waals surface area contributed by atoms with E-state index in [1.807, 2.05) is 26.0 Å². The topological polar surface area (TPSA) is 85.2 Å². The monoisotopic (exact) mass is 502 g/mol. The normalized spacial score (nSPS) is 15.3. The van der Waals surface area contributed by atoms with Gasteiger partial charge in [-0.15, -0.1) is 0 Å². The van der Waals surface area contributed by atoms with E-state index in [0.29, 0.717) is 41.1 Å². The minimum Gasteiger partial charge on any atom is -0.364 e. The molecule has 7 nitrogen and oxygen atoms in total. The van der Waals surface area contributed by atoms with Gasteiger partial charge in [0, 0.05) is 44.0 Å². The van der Waals surface area contributed by atoms with Gasteiger partial charge in [-0.05, 0) is 86.7 Å². The van der Waals surface area contributed by atoms with Crippen LogP contribution < -0.4 is 10.2 Å². The molecule has 1 saturated heterocycles. The smallest absolute Gasteiger partial charge is 0.254 e. The predicted octanol–water partition coefficient (Wildman–Crippen LogP) is 4.71. The average molecular weight is 503 g/mol. The number of rotatable bonds is 9. The van der Waals surface area contributed by atoms with Gasteiger partial charge in [-0.25, -0.2) is 9.97 Å². The molecule has 1 aliphatic heterocycles. The number of anilines is 1. The van der Waals surface area contributed by atoms with Gasteiger partial charge in [0.25, 0.3) is 5.91 Å². The third-order valence-electron chi connectivity index (χ3n) is 7.13. The molecule has 36 heavy (non-hydrogen) atoms. The zero-order chi connectivity index (χ0) is 25.5. The molecule has 4 rings (SSSR count). The molecular formula is C28H34N6OS. The lowest BCUT2D eigenvalue weighted by Gasteiger charge is -2.42. The van der Waals surface area contributed by atoms with E-state index < -0.39 is 0 Å². The van der Waals surface area contributed by atoms with Crippen molar-refractivity contribution in [2.45, 2.75) is 58.7 Å². The first-order valence-corrected chi connectivity index (χ1v) is 13.5. The van der Waals surface area contributed by atoms with Crippen LogP contribution >= 0.6 is 11.3 Å². The molecular weight excluding hydrogens is 468 g/mol. The Balaban J connectivity index is 1.31. The quantitative estimate of drug-likeness (QED) is 0.456. The Labute approximate surface area is 217 Å². The molecule has 188 valence electrons. The molecule has 0 aliphatic carbocycles. The van der Waals surface area contributed by atoms with Crippen LogP contribution in [0.15, 0.2) is 47.4 Å². The Hall–Kier alpha value is -3.28. The van der Waals surface area contributed by atoms with E-state index in [1.54, 1.807) is 11.3 Å². The molecule has 3 heterocycles. The standard InChI is InChI=1S/C28H34N6OS/c1-20(8-12-30-28(35)27-21(2)31-19-32-22(27)3)33-13-9-26(10-14-33)34(17-24-11-15-36-18-24)25-6-4-23(16-29)5-7-25/h4-7,11,15,18-20,26H,8-10,12-14,17H2,1-3H3,(H,30,35). The number of carbonyl (C=O) groups is 1. The van der Waals surface area contributed by atoms with Gasteiger partial charge < -0.3 is 15.1 Å². The molecule has 1 unspecified atom stereocenters. The Morgan fingerprint density at radius 2 is 1.89 bits per heavy atom. The molecule has 0 spiro atoms. The summed E-state index contributed by atoms with van der Waals surface area (Å²) in [6.07, 6.45) is 4.56. The second kappa shape index (κ2) is 12.1. The van der Waals surface area contributed by atoms with Gasteiger partial charge in [0.1, 0.15) is 6.33 Å². The highest BCUT2D eigenvalue weighted by molar-refractivity contribution is 7.07. The van der Waals surface area contributed by atoms with Crippen molar-refractivity contribution in [1.29, 1.82) is 5.26 Å². The molecule has 1 aromatic carbocycles. The van der Waals surface area contributed by atoms with Crippen LogP contribution in [0.5, 0.6) is 0 Å². The lowest BCUT2D eigenvalue weighted by atomic mass is 9.99. The zero-order valence-electron chi connectivity index (χ0n) is 21.3. The molecule has 0 radical (unpaired) electrons. The highest BCUT2D eigenvalue weighted by Gasteiger charge is 2.27. The maximum absolute atomic E-state index is 12.6. The van der Waals surface area contributed by atoms with Crippen molar-refractivity contribution in [2.75, 3.05) is 24.5 Å². The number of thiophene rings is 1. The van der Waals surface area contributed by atoms with Gasteiger partial charge in [0.05, 0.1) is 28.6 Å². The first kappa shape index (κ1) is 25.8. The lowest BCUT2D eigenvalue weighted by Crippen LogP contribution is -2.48. The van der Waals surface area contributed by atoms with E-state index in [9.17, 15) is 10.1 Å². The molecule has 3 aromatic rings. The number of piperidine rings is 1. The van der Waals surface area contributed by atoms with E-state index >= 15 is 0 Å². The minimum absolute atomic E-state index is 0.0944. The third kappa shape index (κ3) is 6.28. The Bertz CT molecular complexity index is 1160. The van der Waals surface area contributed by atoms with Crippen LogP contribution in [0, 0.1) is 25.2 Å². The Morgan fingerprint density at radius 1 is 1.19 bits per heavy atom. The Kier molecular flexibility index (Phi) is 8.68. The summed E-state index contributed by atoms with van der Waals surface area (Å²) < 4.78 is 0. The maximum Gasteiger partial charge on any atom is 0.254 e. The summed E-state index contributed by atoms with van der Waals surface area (Å²) in [5.41, 5.74) is 5.19. The van der Waals surface area contributed by atoms with Gasteiger partial charge >= 0.3 is 0 Å². The van der Waals surface area contributed by atoms with E-state index in [1.165, 1.54) is 17.6 Å². The minimum atomic E-state index is -0.0944. The SMILES string of the molecule is Cc1ncnc(C)c1C(=O)NCCC(C)N1CCC(N(Cc2ccsc2)c2ccc(C#N)cc2)CC1. The van der Waals surface area contributed by atoms with E-state index in [-0.39, 0.29) is 5.91 Å². The molecule has 8 heteroatoms. The number of likely N-dealkylation sites (tertiary alicyclic amines) is 1. The zero-order valence-corrected chi connectivity index (χ0v) is 22.1. The first-order chi connectivity index (χ1) is 17.5.